The first-order chi connectivity index (χ1) is 14.5. The third-order valence-electron chi connectivity index (χ3n) is 6.50. The Hall–Kier alpha value is -2.19. The Kier molecular flexibility index (Phi) is 6.53. The van der Waals surface area contributed by atoms with Gasteiger partial charge in [0.25, 0.3) is 0 Å². The van der Waals surface area contributed by atoms with E-state index in [0.717, 1.165) is 18.4 Å². The Morgan fingerprint density at radius 1 is 0.833 bits per heavy atom. The van der Waals surface area contributed by atoms with Crippen LogP contribution in [0.25, 0.3) is 11.1 Å². The number of hydrogen-bond acceptors (Lipinski definition) is 0. The molecule has 1 aliphatic rings. The number of benzene rings is 3. The summed E-state index contributed by atoms with van der Waals surface area (Å²) in [6.07, 6.45) is 6.93. The van der Waals surface area contributed by atoms with Crippen LogP contribution in [0.4, 0.5) is 8.78 Å². The van der Waals surface area contributed by atoms with E-state index in [2.05, 4.69) is 31.2 Å². The second kappa shape index (κ2) is 9.31. The predicted octanol–water partition coefficient (Wildman–Crippen LogP) is 8.50. The van der Waals surface area contributed by atoms with Crippen molar-refractivity contribution in [1.29, 1.82) is 0 Å². The number of rotatable bonds is 5. The molecule has 1 saturated carbocycles. The second-order valence-electron chi connectivity index (χ2n) is 8.61. The molecular formula is C27H27ClF2. The third kappa shape index (κ3) is 4.92. The Balaban J connectivity index is 1.33. The zero-order valence-corrected chi connectivity index (χ0v) is 18.1. The van der Waals surface area contributed by atoms with Gasteiger partial charge in [-0.2, -0.15) is 0 Å². The van der Waals surface area contributed by atoms with Gasteiger partial charge in [-0.1, -0.05) is 59.6 Å². The maximum Gasteiger partial charge on any atom is 0.142 e. The lowest BCUT2D eigenvalue weighted by Gasteiger charge is -2.29. The van der Waals surface area contributed by atoms with Crippen LogP contribution in [0.2, 0.25) is 5.02 Å². The molecular weight excluding hydrogens is 398 g/mol. The molecule has 0 N–H and O–H groups in total. The van der Waals surface area contributed by atoms with Gasteiger partial charge in [-0.05, 0) is 92.2 Å². The number of halogens is 3. The normalized spacial score (nSPS) is 19.1. The van der Waals surface area contributed by atoms with E-state index in [9.17, 15) is 8.78 Å². The molecule has 0 unspecified atom stereocenters. The van der Waals surface area contributed by atoms with Gasteiger partial charge in [0, 0.05) is 5.56 Å². The van der Waals surface area contributed by atoms with E-state index in [-0.39, 0.29) is 10.8 Å². The van der Waals surface area contributed by atoms with Crippen molar-refractivity contribution in [2.24, 2.45) is 5.92 Å². The Bertz CT molecular complexity index is 1000. The van der Waals surface area contributed by atoms with Crippen molar-refractivity contribution in [2.75, 3.05) is 0 Å². The van der Waals surface area contributed by atoms with Crippen LogP contribution >= 0.6 is 11.6 Å². The minimum atomic E-state index is -0.529. The molecule has 4 rings (SSSR count). The largest absolute Gasteiger partial charge is 0.206 e. The lowest BCUT2D eigenvalue weighted by molar-refractivity contribution is 0.310. The van der Waals surface area contributed by atoms with Crippen LogP contribution in [-0.2, 0) is 6.42 Å². The summed E-state index contributed by atoms with van der Waals surface area (Å²) in [5.74, 6) is 0.550. The molecule has 3 aromatic rings. The second-order valence-corrected chi connectivity index (χ2v) is 9.02. The maximum absolute atomic E-state index is 14.6. The van der Waals surface area contributed by atoms with Gasteiger partial charge in [0.05, 0.1) is 5.02 Å². The fourth-order valence-corrected chi connectivity index (χ4v) is 4.72. The highest BCUT2D eigenvalue weighted by Gasteiger charge is 2.22. The van der Waals surface area contributed by atoms with Gasteiger partial charge in [0.15, 0.2) is 0 Å². The van der Waals surface area contributed by atoms with E-state index < -0.39 is 5.82 Å². The van der Waals surface area contributed by atoms with Gasteiger partial charge < -0.3 is 0 Å². The van der Waals surface area contributed by atoms with Gasteiger partial charge in [0.2, 0.25) is 0 Å². The summed E-state index contributed by atoms with van der Waals surface area (Å²) in [6, 6.07) is 18.7. The maximum atomic E-state index is 14.6. The Morgan fingerprint density at radius 2 is 1.57 bits per heavy atom. The first kappa shape index (κ1) is 21.1. The van der Waals surface area contributed by atoms with E-state index in [4.69, 9.17) is 11.6 Å². The molecule has 156 valence electrons. The fourth-order valence-electron chi connectivity index (χ4n) is 4.61. The number of hydrogen-bond donors (Lipinski definition) is 0. The zero-order valence-electron chi connectivity index (χ0n) is 17.3. The van der Waals surface area contributed by atoms with Crippen LogP contribution in [0.1, 0.15) is 54.7 Å². The molecule has 0 amide bonds. The molecule has 0 atom stereocenters. The topological polar surface area (TPSA) is 0 Å². The molecule has 0 radical (unpaired) electrons. The van der Waals surface area contributed by atoms with Crippen molar-refractivity contribution in [3.05, 3.63) is 94.0 Å². The Labute approximate surface area is 182 Å². The van der Waals surface area contributed by atoms with E-state index in [1.807, 2.05) is 6.07 Å². The minimum absolute atomic E-state index is 0.0490. The SMILES string of the molecule is Cc1ccc(C2CCC(CCc3ccc(-c4ccc(Cl)c(F)c4)c(F)c3)CC2)cc1. The lowest BCUT2D eigenvalue weighted by Crippen LogP contribution is -2.14. The molecule has 0 aliphatic heterocycles. The van der Waals surface area contributed by atoms with Crippen molar-refractivity contribution in [2.45, 2.75) is 51.4 Å². The highest BCUT2D eigenvalue weighted by molar-refractivity contribution is 6.30. The lowest BCUT2D eigenvalue weighted by atomic mass is 9.77. The van der Waals surface area contributed by atoms with E-state index in [1.165, 1.54) is 48.9 Å². The van der Waals surface area contributed by atoms with Gasteiger partial charge in [-0.3, -0.25) is 0 Å². The molecule has 1 fully saturated rings. The van der Waals surface area contributed by atoms with Crippen LogP contribution in [-0.4, -0.2) is 0 Å². The summed E-state index contributed by atoms with van der Waals surface area (Å²) < 4.78 is 28.3. The van der Waals surface area contributed by atoms with Crippen molar-refractivity contribution < 1.29 is 8.78 Å². The minimum Gasteiger partial charge on any atom is -0.206 e. The molecule has 0 aromatic heterocycles. The summed E-state index contributed by atoms with van der Waals surface area (Å²) in [6.45, 7) is 2.13. The average molecular weight is 425 g/mol. The smallest absolute Gasteiger partial charge is 0.142 e. The standard InChI is InChI=1S/C27H27ClF2/c1-18-2-9-21(10-3-18)22-11-6-19(7-12-22)4-5-20-8-14-24(26(29)16-20)23-13-15-25(28)27(30)17-23/h2-3,8-10,13-17,19,22H,4-7,11-12H2,1H3. The van der Waals surface area contributed by atoms with Crippen LogP contribution in [0.5, 0.6) is 0 Å². The summed E-state index contributed by atoms with van der Waals surface area (Å²) in [7, 11) is 0. The molecule has 0 nitrogen and oxygen atoms in total. The predicted molar refractivity (Wildman–Crippen MR) is 121 cm³/mol. The molecule has 0 heterocycles. The summed E-state index contributed by atoms with van der Waals surface area (Å²) in [5.41, 5.74) is 4.71. The van der Waals surface area contributed by atoms with Crippen molar-refractivity contribution in [3.8, 4) is 11.1 Å². The first-order valence-electron chi connectivity index (χ1n) is 10.8. The summed E-state index contributed by atoms with van der Waals surface area (Å²) in [5, 5.41) is 0.0490. The molecule has 1 aliphatic carbocycles. The molecule has 0 bridgehead atoms. The van der Waals surface area contributed by atoms with Crippen molar-refractivity contribution in [1.82, 2.24) is 0 Å². The summed E-state index contributed by atoms with van der Waals surface area (Å²) >= 11 is 5.73. The van der Waals surface area contributed by atoms with E-state index in [0.29, 0.717) is 23.0 Å². The van der Waals surface area contributed by atoms with E-state index in [1.54, 1.807) is 18.2 Å². The molecule has 3 heteroatoms. The van der Waals surface area contributed by atoms with E-state index >= 15 is 0 Å². The van der Waals surface area contributed by atoms with Crippen LogP contribution in [0, 0.1) is 24.5 Å². The highest BCUT2D eigenvalue weighted by atomic mass is 35.5. The molecule has 3 aromatic carbocycles. The van der Waals surface area contributed by atoms with Crippen LogP contribution in [0.15, 0.2) is 60.7 Å². The highest BCUT2D eigenvalue weighted by Crippen LogP contribution is 2.37. The molecule has 30 heavy (non-hydrogen) atoms. The van der Waals surface area contributed by atoms with Crippen molar-refractivity contribution >= 4 is 11.6 Å². The Morgan fingerprint density at radius 3 is 2.23 bits per heavy atom. The quantitative estimate of drug-likeness (QED) is 0.385. The van der Waals surface area contributed by atoms with Crippen LogP contribution < -0.4 is 0 Å². The fraction of sp³-hybridized carbons (Fsp3) is 0.333. The first-order valence-corrected chi connectivity index (χ1v) is 11.2. The number of aryl methyl sites for hydroxylation is 2. The molecule has 0 spiro atoms. The van der Waals surface area contributed by atoms with Crippen LogP contribution in [0.3, 0.4) is 0 Å². The molecule has 0 saturated heterocycles. The average Bonchev–Trinajstić information content (AvgIpc) is 2.75. The summed E-state index contributed by atoms with van der Waals surface area (Å²) in [4.78, 5) is 0. The van der Waals surface area contributed by atoms with Gasteiger partial charge in [-0.25, -0.2) is 8.78 Å². The third-order valence-corrected chi connectivity index (χ3v) is 6.81. The monoisotopic (exact) mass is 424 g/mol. The zero-order chi connectivity index (χ0) is 21.1. The van der Waals surface area contributed by atoms with Crippen molar-refractivity contribution in [3.63, 3.8) is 0 Å². The van der Waals surface area contributed by atoms with Gasteiger partial charge in [-0.15, -0.1) is 0 Å². The van der Waals surface area contributed by atoms with Gasteiger partial charge >= 0.3 is 0 Å². The van der Waals surface area contributed by atoms with Gasteiger partial charge in [0.1, 0.15) is 11.6 Å².